The number of amides is 1. The highest BCUT2D eigenvalue weighted by molar-refractivity contribution is 7.12. The molecule has 0 bridgehead atoms. The number of carbonyl (C=O) groups excluding carboxylic acids is 4. The number of methoxy groups -OCH3 is 1. The van der Waals surface area contributed by atoms with Gasteiger partial charge in [0.15, 0.2) is 6.61 Å². The third kappa shape index (κ3) is 6.03. The fraction of sp³-hybridized carbons (Fsp3) is 0.263. The summed E-state index contributed by atoms with van der Waals surface area (Å²) in [6, 6.07) is 9.74. The predicted molar refractivity (Wildman–Crippen MR) is 98.7 cm³/mol. The van der Waals surface area contributed by atoms with Crippen molar-refractivity contribution in [2.75, 3.05) is 20.3 Å². The van der Waals surface area contributed by atoms with Crippen LogP contribution in [0, 0.1) is 0 Å². The SMILES string of the molecule is COC(=O)CCCNC(=O)COC(=O)c1ccccc1C(=O)c1cccs1. The van der Waals surface area contributed by atoms with Gasteiger partial charge < -0.3 is 14.8 Å². The van der Waals surface area contributed by atoms with Gasteiger partial charge in [0.05, 0.1) is 17.6 Å². The van der Waals surface area contributed by atoms with E-state index in [1.54, 1.807) is 35.7 Å². The van der Waals surface area contributed by atoms with E-state index in [2.05, 4.69) is 10.1 Å². The summed E-state index contributed by atoms with van der Waals surface area (Å²) in [5.41, 5.74) is 0.331. The van der Waals surface area contributed by atoms with Crippen LogP contribution in [0.15, 0.2) is 41.8 Å². The van der Waals surface area contributed by atoms with Crippen molar-refractivity contribution in [3.05, 3.63) is 57.8 Å². The Morgan fingerprint density at radius 1 is 1.04 bits per heavy atom. The molecule has 0 radical (unpaired) electrons. The maximum absolute atomic E-state index is 12.5. The lowest BCUT2D eigenvalue weighted by atomic mass is 10.0. The smallest absolute Gasteiger partial charge is 0.339 e. The number of rotatable bonds is 9. The van der Waals surface area contributed by atoms with Crippen molar-refractivity contribution in [1.29, 1.82) is 0 Å². The Bertz CT molecular complexity index is 815. The Balaban J connectivity index is 1.88. The van der Waals surface area contributed by atoms with Crippen LogP contribution in [0.2, 0.25) is 0 Å². The van der Waals surface area contributed by atoms with E-state index in [1.165, 1.54) is 24.5 Å². The lowest BCUT2D eigenvalue weighted by Crippen LogP contribution is -2.30. The van der Waals surface area contributed by atoms with Crippen LogP contribution in [-0.2, 0) is 19.1 Å². The molecule has 0 saturated heterocycles. The molecule has 0 aliphatic heterocycles. The maximum Gasteiger partial charge on any atom is 0.339 e. The third-order valence-corrected chi connectivity index (χ3v) is 4.45. The Hall–Kier alpha value is -3.00. The van der Waals surface area contributed by atoms with Gasteiger partial charge in [0.25, 0.3) is 5.91 Å². The second kappa shape index (κ2) is 10.2. The minimum atomic E-state index is -0.750. The van der Waals surface area contributed by atoms with Gasteiger partial charge in [0, 0.05) is 18.5 Å². The number of ether oxygens (including phenoxy) is 2. The van der Waals surface area contributed by atoms with E-state index in [-0.39, 0.29) is 35.8 Å². The van der Waals surface area contributed by atoms with Crippen LogP contribution in [-0.4, -0.2) is 43.9 Å². The molecule has 1 aromatic carbocycles. The summed E-state index contributed by atoms with van der Waals surface area (Å²) in [6.45, 7) is -0.211. The normalized spacial score (nSPS) is 10.1. The molecule has 142 valence electrons. The summed E-state index contributed by atoms with van der Waals surface area (Å²) >= 11 is 1.28. The van der Waals surface area contributed by atoms with Crippen molar-refractivity contribution < 1.29 is 28.7 Å². The molecule has 1 heterocycles. The molecule has 2 rings (SSSR count). The van der Waals surface area contributed by atoms with E-state index in [4.69, 9.17) is 4.74 Å². The minimum Gasteiger partial charge on any atom is -0.469 e. The predicted octanol–water partition coefficient (Wildman–Crippen LogP) is 2.21. The van der Waals surface area contributed by atoms with E-state index in [9.17, 15) is 19.2 Å². The van der Waals surface area contributed by atoms with Crippen LogP contribution in [0.3, 0.4) is 0 Å². The molecule has 0 unspecified atom stereocenters. The van der Waals surface area contributed by atoms with Crippen LogP contribution in [0.4, 0.5) is 0 Å². The highest BCUT2D eigenvalue weighted by atomic mass is 32.1. The lowest BCUT2D eigenvalue weighted by Gasteiger charge is -2.09. The van der Waals surface area contributed by atoms with Gasteiger partial charge in [-0.3, -0.25) is 14.4 Å². The highest BCUT2D eigenvalue weighted by Gasteiger charge is 2.20. The number of carbonyl (C=O) groups is 4. The Kier molecular flexibility index (Phi) is 7.69. The first-order chi connectivity index (χ1) is 13.0. The molecule has 1 N–H and O–H groups in total. The van der Waals surface area contributed by atoms with E-state index in [0.29, 0.717) is 11.3 Å². The van der Waals surface area contributed by atoms with Gasteiger partial charge in [0.1, 0.15) is 0 Å². The molecule has 8 heteroatoms. The average Bonchev–Trinajstić information content (AvgIpc) is 3.23. The van der Waals surface area contributed by atoms with E-state index in [1.807, 2.05) is 0 Å². The number of hydrogen-bond acceptors (Lipinski definition) is 7. The second-order valence-electron chi connectivity index (χ2n) is 5.46. The minimum absolute atomic E-state index is 0.106. The molecule has 0 saturated carbocycles. The summed E-state index contributed by atoms with van der Waals surface area (Å²) < 4.78 is 9.50. The quantitative estimate of drug-likeness (QED) is 0.401. The van der Waals surface area contributed by atoms with E-state index < -0.39 is 18.5 Å². The lowest BCUT2D eigenvalue weighted by molar-refractivity contribution is -0.140. The molecule has 0 atom stereocenters. The highest BCUT2D eigenvalue weighted by Crippen LogP contribution is 2.19. The number of ketones is 1. The molecule has 7 nitrogen and oxygen atoms in total. The summed E-state index contributed by atoms with van der Waals surface area (Å²) in [5, 5.41) is 4.32. The van der Waals surface area contributed by atoms with Crippen molar-refractivity contribution in [2.24, 2.45) is 0 Å². The molecular weight excluding hydrogens is 370 g/mol. The molecule has 0 aliphatic carbocycles. The maximum atomic E-state index is 12.5. The van der Waals surface area contributed by atoms with Gasteiger partial charge in [-0.05, 0) is 23.9 Å². The van der Waals surface area contributed by atoms with E-state index >= 15 is 0 Å². The first kappa shape index (κ1) is 20.3. The largest absolute Gasteiger partial charge is 0.469 e. The first-order valence-electron chi connectivity index (χ1n) is 8.20. The summed E-state index contributed by atoms with van der Waals surface area (Å²) in [4.78, 5) is 48.0. The van der Waals surface area contributed by atoms with Gasteiger partial charge >= 0.3 is 11.9 Å². The molecule has 2 aromatic rings. The van der Waals surface area contributed by atoms with Gasteiger partial charge in [0.2, 0.25) is 5.78 Å². The van der Waals surface area contributed by atoms with Crippen LogP contribution in [0.1, 0.15) is 38.4 Å². The van der Waals surface area contributed by atoms with Gasteiger partial charge in [-0.2, -0.15) is 0 Å². The number of nitrogens with one attached hydrogen (secondary N) is 1. The zero-order valence-corrected chi connectivity index (χ0v) is 15.5. The molecular formula is C19H19NO6S. The van der Waals surface area contributed by atoms with Crippen molar-refractivity contribution >= 4 is 35.0 Å². The number of benzene rings is 1. The zero-order chi connectivity index (χ0) is 19.6. The number of hydrogen-bond donors (Lipinski definition) is 1. The zero-order valence-electron chi connectivity index (χ0n) is 14.7. The van der Waals surface area contributed by atoms with Gasteiger partial charge in [-0.25, -0.2) is 4.79 Å². The third-order valence-electron chi connectivity index (χ3n) is 3.58. The second-order valence-corrected chi connectivity index (χ2v) is 6.41. The standard InChI is InChI=1S/C19H19NO6S/c1-25-17(22)9-4-10-20-16(21)12-26-19(24)14-7-3-2-6-13(14)18(23)15-8-5-11-27-15/h2-3,5-8,11H,4,9-10,12H2,1H3,(H,20,21). The molecule has 1 aromatic heterocycles. The van der Waals surface area contributed by atoms with E-state index in [0.717, 1.165) is 0 Å². The number of esters is 2. The van der Waals surface area contributed by atoms with Gasteiger partial charge in [-0.1, -0.05) is 24.3 Å². The van der Waals surface area contributed by atoms with Gasteiger partial charge in [-0.15, -0.1) is 11.3 Å². The summed E-state index contributed by atoms with van der Waals surface area (Å²) in [6.07, 6.45) is 0.610. The topological polar surface area (TPSA) is 98.8 Å². The van der Waals surface area contributed by atoms with Crippen molar-refractivity contribution in [3.8, 4) is 0 Å². The first-order valence-corrected chi connectivity index (χ1v) is 9.08. The summed E-state index contributed by atoms with van der Waals surface area (Å²) in [7, 11) is 1.29. The fourth-order valence-corrected chi connectivity index (χ4v) is 2.90. The molecule has 27 heavy (non-hydrogen) atoms. The Labute approximate surface area is 160 Å². The Morgan fingerprint density at radius 2 is 1.78 bits per heavy atom. The number of thiophene rings is 1. The van der Waals surface area contributed by atoms with Crippen molar-refractivity contribution in [1.82, 2.24) is 5.32 Å². The molecule has 0 fully saturated rings. The van der Waals surface area contributed by atoms with Crippen LogP contribution >= 0.6 is 11.3 Å². The van der Waals surface area contributed by atoms with Crippen LogP contribution < -0.4 is 5.32 Å². The fourth-order valence-electron chi connectivity index (χ4n) is 2.22. The summed E-state index contributed by atoms with van der Waals surface area (Å²) in [5.74, 6) is -1.87. The molecule has 1 amide bonds. The molecule has 0 aliphatic rings. The van der Waals surface area contributed by atoms with Crippen molar-refractivity contribution in [3.63, 3.8) is 0 Å². The van der Waals surface area contributed by atoms with Crippen molar-refractivity contribution in [2.45, 2.75) is 12.8 Å². The molecule has 0 spiro atoms. The van der Waals surface area contributed by atoms with Crippen LogP contribution in [0.25, 0.3) is 0 Å². The van der Waals surface area contributed by atoms with Crippen LogP contribution in [0.5, 0.6) is 0 Å². The Morgan fingerprint density at radius 3 is 2.44 bits per heavy atom. The average molecular weight is 389 g/mol. The monoisotopic (exact) mass is 389 g/mol.